The van der Waals surface area contributed by atoms with Crippen molar-refractivity contribution in [2.75, 3.05) is 19.1 Å². The van der Waals surface area contributed by atoms with Crippen molar-refractivity contribution >= 4 is 35.5 Å². The molecule has 0 atom stereocenters. The third kappa shape index (κ3) is 6.42. The van der Waals surface area contributed by atoms with E-state index < -0.39 is 35.2 Å². The Labute approximate surface area is 275 Å². The Bertz CT molecular complexity index is 1800. The molecule has 0 unspecified atom stereocenters. The summed E-state index contributed by atoms with van der Waals surface area (Å²) in [7, 11) is 2.29. The number of carbonyl (C=O) groups is 4. The fourth-order valence-electron chi connectivity index (χ4n) is 4.63. The molecule has 0 fully saturated rings. The van der Waals surface area contributed by atoms with Crippen LogP contribution in [0.1, 0.15) is 28.4 Å². The van der Waals surface area contributed by atoms with Crippen LogP contribution in [-0.2, 0) is 23.9 Å². The number of hydrogen-bond acceptors (Lipinski definition) is 8. The summed E-state index contributed by atoms with van der Waals surface area (Å²) in [6, 6.07) is 16.4. The second-order valence-electron chi connectivity index (χ2n) is 9.28. The first-order valence-electron chi connectivity index (χ1n) is 13.0. The van der Waals surface area contributed by atoms with Gasteiger partial charge in [0.15, 0.2) is 0 Å². The van der Waals surface area contributed by atoms with E-state index in [0.29, 0.717) is 0 Å². The summed E-state index contributed by atoms with van der Waals surface area (Å²) >= 11 is 0. The molecule has 218 valence electrons. The number of anilines is 1. The van der Waals surface area contributed by atoms with Gasteiger partial charge in [0, 0.05) is 11.3 Å². The number of ether oxygens (including phenoxy) is 2. The second-order valence-corrected chi connectivity index (χ2v) is 9.28. The number of benzene rings is 2. The molecular weight excluding hydrogens is 575 g/mol. The van der Waals surface area contributed by atoms with E-state index >= 15 is 0 Å². The molecule has 0 bridgehead atoms. The number of allylic oxidation sites excluding steroid dienone is 4. The van der Waals surface area contributed by atoms with Crippen molar-refractivity contribution in [1.29, 1.82) is 0 Å². The number of hydrogen-bond donors (Lipinski definition) is 0. The molecule has 44 heavy (non-hydrogen) atoms. The number of imide groups is 1. The topological polar surface area (TPSA) is 135 Å². The van der Waals surface area contributed by atoms with E-state index in [0.717, 1.165) is 23.7 Å². The van der Waals surface area contributed by atoms with Crippen LogP contribution >= 0.6 is 0 Å². The van der Waals surface area contributed by atoms with Crippen molar-refractivity contribution in [3.63, 3.8) is 0 Å². The van der Waals surface area contributed by atoms with Crippen LogP contribution in [0.5, 0.6) is 5.88 Å². The average molecular weight is 603 g/mol. The zero-order valence-electron chi connectivity index (χ0n) is 24.8. The van der Waals surface area contributed by atoms with E-state index in [1.54, 1.807) is 60.7 Å². The summed E-state index contributed by atoms with van der Waals surface area (Å²) in [5, 5.41) is 13.4. The zero-order chi connectivity index (χ0) is 31.3. The molecule has 0 aliphatic carbocycles. The molecule has 0 saturated heterocycles. The summed E-state index contributed by atoms with van der Waals surface area (Å²) in [4.78, 5) is 65.6. The van der Waals surface area contributed by atoms with E-state index in [2.05, 4.69) is 0 Å². The molecule has 4 rings (SSSR count). The molecule has 10 nitrogen and oxygen atoms in total. The minimum absolute atomic E-state index is 0. The predicted molar refractivity (Wildman–Crippen MR) is 157 cm³/mol. The monoisotopic (exact) mass is 602 g/mol. The van der Waals surface area contributed by atoms with Gasteiger partial charge in [-0.25, -0.2) is 14.5 Å². The van der Waals surface area contributed by atoms with Crippen molar-refractivity contribution in [1.82, 2.24) is 4.57 Å². The van der Waals surface area contributed by atoms with Crippen LogP contribution < -0.4 is 45.1 Å². The van der Waals surface area contributed by atoms with E-state index in [4.69, 9.17) is 9.47 Å². The Balaban J connectivity index is 0.00000529. The van der Waals surface area contributed by atoms with E-state index in [-0.39, 0.29) is 74.3 Å². The van der Waals surface area contributed by atoms with Crippen molar-refractivity contribution in [3.8, 4) is 11.6 Å². The zero-order valence-corrected chi connectivity index (χ0v) is 26.8. The summed E-state index contributed by atoms with van der Waals surface area (Å²) in [5.41, 5.74) is -0.299. The minimum Gasteiger partial charge on any atom is -0.859 e. The number of amides is 2. The van der Waals surface area contributed by atoms with Gasteiger partial charge in [-0.3, -0.25) is 19.0 Å². The number of aromatic nitrogens is 1. The fourth-order valence-corrected chi connectivity index (χ4v) is 4.63. The molecule has 2 aromatic carbocycles. The maximum atomic E-state index is 13.4. The smallest absolute Gasteiger partial charge is 0.859 e. The normalized spacial score (nSPS) is 14.4. The van der Waals surface area contributed by atoms with Crippen LogP contribution in [0.25, 0.3) is 11.8 Å². The Morgan fingerprint density at radius 3 is 1.91 bits per heavy atom. The SMILES string of the molecule is COC(=O)C1=C(C)/C(=C/C=CC=Cc2c(C)c(C(=O)OC)c(=O)n(-c3ccccc3)c2[O-])C(=O)N(c2ccccc2)C1=O.[Na+]. The van der Waals surface area contributed by atoms with Gasteiger partial charge in [-0.2, -0.15) is 0 Å². The maximum Gasteiger partial charge on any atom is 1.00 e. The van der Waals surface area contributed by atoms with Gasteiger partial charge in [-0.15, -0.1) is 0 Å². The third-order valence-electron chi connectivity index (χ3n) is 6.81. The molecule has 3 aromatic rings. The van der Waals surface area contributed by atoms with Crippen molar-refractivity contribution in [3.05, 3.63) is 129 Å². The molecule has 0 N–H and O–H groups in total. The van der Waals surface area contributed by atoms with Gasteiger partial charge < -0.3 is 14.6 Å². The van der Waals surface area contributed by atoms with Gasteiger partial charge in [0.25, 0.3) is 17.4 Å². The number of carbonyl (C=O) groups excluding carboxylic acids is 4. The standard InChI is InChI=1S/C33H28N2O8.Na/c1-20-24(28(36)34(22-14-8-5-9-15-22)30(38)26(20)32(40)42-3)18-12-7-13-19-25-21(2)27(33(41)43-4)31(39)35(29(25)37)23-16-10-6-11-17-23;/h5-19,36H,1-4H3;/q;+1/p-1/b13-7?,18-12?,25-19-;. The van der Waals surface area contributed by atoms with Crippen LogP contribution in [0.15, 0.2) is 106 Å². The minimum atomic E-state index is -0.876. The molecule has 0 radical (unpaired) electrons. The molecule has 0 saturated carbocycles. The Morgan fingerprint density at radius 2 is 1.34 bits per heavy atom. The maximum absolute atomic E-state index is 13.4. The first-order valence-corrected chi connectivity index (χ1v) is 13.0. The Kier molecular flexibility index (Phi) is 11.2. The third-order valence-corrected chi connectivity index (χ3v) is 6.81. The molecule has 11 heteroatoms. The van der Waals surface area contributed by atoms with Gasteiger partial charge >= 0.3 is 41.5 Å². The molecule has 0 spiro atoms. The number of rotatable bonds is 7. The van der Waals surface area contributed by atoms with Crippen LogP contribution in [0.3, 0.4) is 0 Å². The van der Waals surface area contributed by atoms with Crippen LogP contribution in [-0.4, -0.2) is 42.5 Å². The van der Waals surface area contributed by atoms with Gasteiger partial charge in [-0.05, 0) is 66.8 Å². The van der Waals surface area contributed by atoms with Gasteiger partial charge in [0.2, 0.25) is 0 Å². The van der Waals surface area contributed by atoms with Crippen molar-refractivity contribution < 1.29 is 63.3 Å². The van der Waals surface area contributed by atoms with E-state index in [9.17, 15) is 29.1 Å². The molecule has 2 amide bonds. The van der Waals surface area contributed by atoms with E-state index in [1.807, 2.05) is 0 Å². The Morgan fingerprint density at radius 1 is 0.773 bits per heavy atom. The van der Waals surface area contributed by atoms with Gasteiger partial charge in [0.1, 0.15) is 11.1 Å². The molecule has 1 aliphatic heterocycles. The Hall–Kier alpha value is -4.77. The summed E-state index contributed by atoms with van der Waals surface area (Å²) < 4.78 is 10.5. The number of methoxy groups -OCH3 is 2. The first-order chi connectivity index (χ1) is 20.6. The molecular formula is C33H27N2NaO8. The number of pyridine rings is 1. The number of nitrogens with zero attached hydrogens (tertiary/aromatic N) is 2. The van der Waals surface area contributed by atoms with Crippen LogP contribution in [0, 0.1) is 6.92 Å². The van der Waals surface area contributed by atoms with Gasteiger partial charge in [0.05, 0.1) is 19.9 Å². The molecule has 1 aliphatic rings. The summed E-state index contributed by atoms with van der Waals surface area (Å²) in [6.45, 7) is 2.96. The van der Waals surface area contributed by atoms with E-state index in [1.165, 1.54) is 44.2 Å². The second kappa shape index (κ2) is 14.6. The number of para-hydroxylation sites is 2. The number of esters is 2. The largest absolute Gasteiger partial charge is 1.00 e. The molecule has 2 heterocycles. The van der Waals surface area contributed by atoms with Crippen LogP contribution in [0.4, 0.5) is 5.69 Å². The van der Waals surface area contributed by atoms with Crippen molar-refractivity contribution in [2.45, 2.75) is 13.8 Å². The predicted octanol–water partition coefficient (Wildman–Crippen LogP) is 0.569. The van der Waals surface area contributed by atoms with Gasteiger partial charge in [-0.1, -0.05) is 60.7 Å². The average Bonchev–Trinajstić information content (AvgIpc) is 3.00. The first kappa shape index (κ1) is 33.7. The summed E-state index contributed by atoms with van der Waals surface area (Å²) in [5.74, 6) is -3.82. The van der Waals surface area contributed by atoms with Crippen LogP contribution in [0.2, 0.25) is 0 Å². The summed E-state index contributed by atoms with van der Waals surface area (Å²) in [6.07, 6.45) is 7.38. The molecule has 1 aromatic heterocycles. The fraction of sp³-hybridized carbons (Fsp3) is 0.121. The van der Waals surface area contributed by atoms with Crippen molar-refractivity contribution in [2.24, 2.45) is 0 Å². The quantitative estimate of drug-likeness (QED) is 0.0957.